The standard InChI is InChI=1S/C16H26N2/c1-4-14-5-7-16(8-6-14)13(2)18-10-9-15(12-18)11-17-3/h5-8,13,15,17H,4,9-12H2,1-3H3. The van der Waals surface area contributed by atoms with Crippen LogP contribution in [0.1, 0.15) is 37.4 Å². The lowest BCUT2D eigenvalue weighted by molar-refractivity contribution is 0.252. The minimum atomic E-state index is 0.553. The summed E-state index contributed by atoms with van der Waals surface area (Å²) in [7, 11) is 2.05. The summed E-state index contributed by atoms with van der Waals surface area (Å²) < 4.78 is 0. The molecule has 2 atom stereocenters. The van der Waals surface area contributed by atoms with Crippen molar-refractivity contribution < 1.29 is 0 Å². The molecule has 1 aliphatic rings. The van der Waals surface area contributed by atoms with Gasteiger partial charge in [0.1, 0.15) is 0 Å². The first-order chi connectivity index (χ1) is 8.74. The van der Waals surface area contributed by atoms with Crippen molar-refractivity contribution in [2.24, 2.45) is 5.92 Å². The lowest BCUT2D eigenvalue weighted by atomic mass is 10.0. The van der Waals surface area contributed by atoms with Gasteiger partial charge in [0.25, 0.3) is 0 Å². The lowest BCUT2D eigenvalue weighted by Crippen LogP contribution is -2.27. The predicted molar refractivity (Wildman–Crippen MR) is 77.8 cm³/mol. The molecule has 1 N–H and O–H groups in total. The number of benzene rings is 1. The molecule has 0 bridgehead atoms. The topological polar surface area (TPSA) is 15.3 Å². The molecule has 1 heterocycles. The molecule has 0 aromatic heterocycles. The minimum absolute atomic E-state index is 0.553. The Morgan fingerprint density at radius 1 is 1.33 bits per heavy atom. The summed E-state index contributed by atoms with van der Waals surface area (Å²) in [4.78, 5) is 2.61. The normalized spacial score (nSPS) is 22.3. The Hall–Kier alpha value is -0.860. The highest BCUT2D eigenvalue weighted by Crippen LogP contribution is 2.27. The van der Waals surface area contributed by atoms with Gasteiger partial charge < -0.3 is 5.32 Å². The van der Waals surface area contributed by atoms with Gasteiger partial charge in [-0.1, -0.05) is 31.2 Å². The Kier molecular flexibility index (Phi) is 4.79. The summed E-state index contributed by atoms with van der Waals surface area (Å²) in [5.41, 5.74) is 2.89. The van der Waals surface area contributed by atoms with Gasteiger partial charge in [0.05, 0.1) is 0 Å². The van der Waals surface area contributed by atoms with Crippen LogP contribution in [0.15, 0.2) is 24.3 Å². The smallest absolute Gasteiger partial charge is 0.0320 e. The fourth-order valence-corrected chi connectivity index (χ4v) is 2.91. The second kappa shape index (κ2) is 6.35. The molecule has 2 unspecified atom stereocenters. The van der Waals surface area contributed by atoms with Crippen molar-refractivity contribution in [3.63, 3.8) is 0 Å². The molecule has 0 spiro atoms. The molecule has 1 aliphatic heterocycles. The zero-order chi connectivity index (χ0) is 13.0. The highest BCUT2D eigenvalue weighted by molar-refractivity contribution is 5.24. The molecule has 0 radical (unpaired) electrons. The Bertz CT molecular complexity index is 358. The number of aryl methyl sites for hydroxylation is 1. The van der Waals surface area contributed by atoms with Crippen molar-refractivity contribution in [3.8, 4) is 0 Å². The average Bonchev–Trinajstić information content (AvgIpc) is 2.87. The van der Waals surface area contributed by atoms with E-state index >= 15 is 0 Å². The summed E-state index contributed by atoms with van der Waals surface area (Å²) in [5, 5.41) is 3.30. The summed E-state index contributed by atoms with van der Waals surface area (Å²) in [6.45, 7) is 8.17. The number of hydrogen-bond acceptors (Lipinski definition) is 2. The maximum Gasteiger partial charge on any atom is 0.0320 e. The van der Waals surface area contributed by atoms with Gasteiger partial charge in [-0.3, -0.25) is 4.90 Å². The fraction of sp³-hybridized carbons (Fsp3) is 0.625. The van der Waals surface area contributed by atoms with Crippen LogP contribution >= 0.6 is 0 Å². The number of rotatable bonds is 5. The number of nitrogens with zero attached hydrogens (tertiary/aromatic N) is 1. The second-order valence-corrected chi connectivity index (χ2v) is 5.48. The third-order valence-electron chi connectivity index (χ3n) is 4.23. The summed E-state index contributed by atoms with van der Waals surface area (Å²) in [6.07, 6.45) is 2.46. The Labute approximate surface area is 111 Å². The predicted octanol–water partition coefficient (Wildman–Crippen LogP) is 2.85. The van der Waals surface area contributed by atoms with Crippen LogP contribution in [-0.4, -0.2) is 31.6 Å². The van der Waals surface area contributed by atoms with E-state index in [0.29, 0.717) is 6.04 Å². The number of hydrogen-bond donors (Lipinski definition) is 1. The third-order valence-corrected chi connectivity index (χ3v) is 4.23. The lowest BCUT2D eigenvalue weighted by Gasteiger charge is -2.25. The maximum absolute atomic E-state index is 3.30. The van der Waals surface area contributed by atoms with Crippen LogP contribution in [0.4, 0.5) is 0 Å². The Balaban J connectivity index is 1.96. The van der Waals surface area contributed by atoms with E-state index in [2.05, 4.69) is 55.4 Å². The van der Waals surface area contributed by atoms with Crippen molar-refractivity contribution in [2.45, 2.75) is 32.7 Å². The molecule has 1 saturated heterocycles. The third kappa shape index (κ3) is 3.12. The molecular formula is C16H26N2. The molecule has 100 valence electrons. The summed E-state index contributed by atoms with van der Waals surface area (Å²) in [5.74, 6) is 0.826. The zero-order valence-electron chi connectivity index (χ0n) is 11.9. The van der Waals surface area contributed by atoms with E-state index in [0.717, 1.165) is 18.9 Å². The van der Waals surface area contributed by atoms with E-state index in [1.54, 1.807) is 0 Å². The quantitative estimate of drug-likeness (QED) is 0.859. The van der Waals surface area contributed by atoms with Gasteiger partial charge in [0.2, 0.25) is 0 Å². The number of nitrogens with one attached hydrogen (secondary N) is 1. The van der Waals surface area contributed by atoms with Gasteiger partial charge in [-0.05, 0) is 56.9 Å². The van der Waals surface area contributed by atoms with E-state index in [9.17, 15) is 0 Å². The first-order valence-electron chi connectivity index (χ1n) is 7.22. The van der Waals surface area contributed by atoms with Crippen LogP contribution in [0, 0.1) is 5.92 Å². The Morgan fingerprint density at radius 3 is 2.67 bits per heavy atom. The minimum Gasteiger partial charge on any atom is -0.319 e. The van der Waals surface area contributed by atoms with Crippen molar-refractivity contribution in [1.29, 1.82) is 0 Å². The van der Waals surface area contributed by atoms with Gasteiger partial charge in [0.15, 0.2) is 0 Å². The molecule has 1 aromatic rings. The average molecular weight is 246 g/mol. The molecule has 1 aromatic carbocycles. The zero-order valence-corrected chi connectivity index (χ0v) is 11.9. The Morgan fingerprint density at radius 2 is 2.06 bits per heavy atom. The van der Waals surface area contributed by atoms with Crippen LogP contribution in [0.3, 0.4) is 0 Å². The van der Waals surface area contributed by atoms with Gasteiger partial charge in [-0.2, -0.15) is 0 Å². The SMILES string of the molecule is CCc1ccc(C(C)N2CCC(CNC)C2)cc1. The molecule has 2 nitrogen and oxygen atoms in total. The molecule has 0 saturated carbocycles. The van der Waals surface area contributed by atoms with E-state index in [4.69, 9.17) is 0 Å². The van der Waals surface area contributed by atoms with Crippen LogP contribution < -0.4 is 5.32 Å². The van der Waals surface area contributed by atoms with Gasteiger partial charge in [0, 0.05) is 12.6 Å². The van der Waals surface area contributed by atoms with Gasteiger partial charge >= 0.3 is 0 Å². The van der Waals surface area contributed by atoms with Crippen molar-refractivity contribution in [3.05, 3.63) is 35.4 Å². The fourth-order valence-electron chi connectivity index (χ4n) is 2.91. The first kappa shape index (κ1) is 13.6. The van der Waals surface area contributed by atoms with Crippen molar-refractivity contribution in [2.75, 3.05) is 26.7 Å². The molecule has 2 rings (SSSR count). The van der Waals surface area contributed by atoms with Crippen LogP contribution in [-0.2, 0) is 6.42 Å². The summed E-state index contributed by atoms with van der Waals surface area (Å²) >= 11 is 0. The maximum atomic E-state index is 3.30. The van der Waals surface area contributed by atoms with Gasteiger partial charge in [-0.15, -0.1) is 0 Å². The van der Waals surface area contributed by atoms with E-state index in [-0.39, 0.29) is 0 Å². The largest absolute Gasteiger partial charge is 0.319 e. The molecule has 0 amide bonds. The van der Waals surface area contributed by atoms with Gasteiger partial charge in [-0.25, -0.2) is 0 Å². The molecule has 1 fully saturated rings. The van der Waals surface area contributed by atoms with Crippen molar-refractivity contribution in [1.82, 2.24) is 10.2 Å². The van der Waals surface area contributed by atoms with Crippen molar-refractivity contribution >= 4 is 0 Å². The van der Waals surface area contributed by atoms with Crippen LogP contribution in [0.5, 0.6) is 0 Å². The van der Waals surface area contributed by atoms with E-state index in [1.165, 1.54) is 30.6 Å². The molecular weight excluding hydrogens is 220 g/mol. The van der Waals surface area contributed by atoms with E-state index in [1.807, 2.05) is 0 Å². The first-order valence-corrected chi connectivity index (χ1v) is 7.22. The number of likely N-dealkylation sites (tertiary alicyclic amines) is 1. The molecule has 2 heteroatoms. The summed E-state index contributed by atoms with van der Waals surface area (Å²) in [6, 6.07) is 9.70. The molecule has 0 aliphatic carbocycles. The van der Waals surface area contributed by atoms with E-state index < -0.39 is 0 Å². The highest BCUT2D eigenvalue weighted by atomic mass is 15.2. The monoisotopic (exact) mass is 246 g/mol. The second-order valence-electron chi connectivity index (χ2n) is 5.48. The van der Waals surface area contributed by atoms with Crippen LogP contribution in [0.2, 0.25) is 0 Å². The molecule has 18 heavy (non-hydrogen) atoms. The highest BCUT2D eigenvalue weighted by Gasteiger charge is 2.26. The van der Waals surface area contributed by atoms with Crippen LogP contribution in [0.25, 0.3) is 0 Å².